The van der Waals surface area contributed by atoms with Crippen LogP contribution in [-0.4, -0.2) is 38.8 Å². The van der Waals surface area contributed by atoms with E-state index < -0.39 is 0 Å². The number of piperidine rings is 1. The second kappa shape index (κ2) is 6.88. The van der Waals surface area contributed by atoms with E-state index in [1.54, 1.807) is 10.8 Å². The number of hydrogen-bond donors (Lipinski definition) is 1. The van der Waals surface area contributed by atoms with Gasteiger partial charge in [0.2, 0.25) is 5.91 Å². The summed E-state index contributed by atoms with van der Waals surface area (Å²) >= 11 is 0. The maximum atomic E-state index is 12.5. The summed E-state index contributed by atoms with van der Waals surface area (Å²) in [7, 11) is 0. The molecule has 25 heavy (non-hydrogen) atoms. The summed E-state index contributed by atoms with van der Waals surface area (Å²) in [6, 6.07) is 13.8. The Hall–Kier alpha value is -2.96. The maximum absolute atomic E-state index is 12.5. The zero-order valence-electron chi connectivity index (χ0n) is 13.9. The topological polar surface area (TPSA) is 75.4 Å². The van der Waals surface area contributed by atoms with Crippen molar-refractivity contribution in [3.63, 3.8) is 0 Å². The fourth-order valence-corrected chi connectivity index (χ4v) is 3.22. The van der Waals surface area contributed by atoms with Gasteiger partial charge in [-0.25, -0.2) is 0 Å². The summed E-state index contributed by atoms with van der Waals surface area (Å²) in [4.78, 5) is 14.7. The van der Waals surface area contributed by atoms with Crippen LogP contribution in [0.25, 0.3) is 5.65 Å². The summed E-state index contributed by atoms with van der Waals surface area (Å²) in [6.07, 6.45) is 3.48. The van der Waals surface area contributed by atoms with Gasteiger partial charge in [-0.2, -0.15) is 4.52 Å². The molecule has 1 N–H and O–H groups in total. The van der Waals surface area contributed by atoms with Gasteiger partial charge < -0.3 is 10.2 Å². The average Bonchev–Trinajstić information content (AvgIpc) is 3.15. The minimum absolute atomic E-state index is 0.0177. The van der Waals surface area contributed by atoms with Crippen molar-refractivity contribution in [1.82, 2.24) is 25.1 Å². The number of rotatable bonds is 4. The predicted molar refractivity (Wildman–Crippen MR) is 94.0 cm³/mol. The quantitative estimate of drug-likeness (QED) is 0.784. The van der Waals surface area contributed by atoms with Gasteiger partial charge in [0.15, 0.2) is 5.65 Å². The van der Waals surface area contributed by atoms with Gasteiger partial charge >= 0.3 is 0 Å². The Morgan fingerprint density at radius 1 is 1.20 bits per heavy atom. The van der Waals surface area contributed by atoms with Crippen LogP contribution >= 0.6 is 0 Å². The molecule has 0 spiro atoms. The Kier molecular flexibility index (Phi) is 4.28. The van der Waals surface area contributed by atoms with Gasteiger partial charge in [0.25, 0.3) is 0 Å². The molecule has 3 aromatic rings. The fourth-order valence-electron chi connectivity index (χ4n) is 3.22. The van der Waals surface area contributed by atoms with E-state index in [0.29, 0.717) is 13.1 Å². The van der Waals surface area contributed by atoms with Crippen LogP contribution < -0.4 is 10.2 Å². The third-order valence-electron chi connectivity index (χ3n) is 4.57. The summed E-state index contributed by atoms with van der Waals surface area (Å²) in [6.45, 7) is 2.16. The van der Waals surface area contributed by atoms with Gasteiger partial charge in [0, 0.05) is 19.6 Å². The van der Waals surface area contributed by atoms with Crippen molar-refractivity contribution in [3.05, 3.63) is 54.4 Å². The molecular formula is C18H20N6O. The van der Waals surface area contributed by atoms with E-state index in [9.17, 15) is 4.79 Å². The molecule has 4 rings (SSSR count). The van der Waals surface area contributed by atoms with Crippen LogP contribution in [0.3, 0.4) is 0 Å². The number of hydrogen-bond acceptors (Lipinski definition) is 5. The lowest BCUT2D eigenvalue weighted by Gasteiger charge is -2.32. The van der Waals surface area contributed by atoms with Crippen molar-refractivity contribution < 1.29 is 4.79 Å². The molecule has 1 aromatic carbocycles. The zero-order chi connectivity index (χ0) is 17.1. The molecule has 128 valence electrons. The third kappa shape index (κ3) is 3.45. The number of fused-ring (bicyclic) bond motifs is 1. The Labute approximate surface area is 145 Å². The minimum Gasteiger partial charge on any atom is -0.354 e. The van der Waals surface area contributed by atoms with Crippen molar-refractivity contribution in [1.29, 1.82) is 0 Å². The predicted octanol–water partition coefficient (Wildman–Crippen LogP) is 1.66. The molecule has 1 amide bonds. The molecule has 1 fully saturated rings. The Balaban J connectivity index is 1.40. The van der Waals surface area contributed by atoms with E-state index >= 15 is 0 Å². The first kappa shape index (κ1) is 15.6. The molecule has 0 radical (unpaired) electrons. The first-order valence-electron chi connectivity index (χ1n) is 8.53. The van der Waals surface area contributed by atoms with Crippen molar-refractivity contribution in [2.45, 2.75) is 19.4 Å². The highest BCUT2D eigenvalue weighted by molar-refractivity contribution is 5.79. The van der Waals surface area contributed by atoms with Crippen molar-refractivity contribution >= 4 is 17.4 Å². The fraction of sp³-hybridized carbons (Fsp3) is 0.333. The molecule has 1 saturated heterocycles. The summed E-state index contributed by atoms with van der Waals surface area (Å²) in [5.41, 5.74) is 1.83. The molecule has 1 atom stereocenters. The van der Waals surface area contributed by atoms with E-state index in [4.69, 9.17) is 0 Å². The van der Waals surface area contributed by atoms with Gasteiger partial charge in [-0.1, -0.05) is 30.3 Å². The highest BCUT2D eigenvalue weighted by Gasteiger charge is 2.26. The lowest BCUT2D eigenvalue weighted by atomic mass is 9.97. The van der Waals surface area contributed by atoms with Gasteiger partial charge in [0.1, 0.15) is 12.1 Å². The number of carbonyl (C=O) groups excluding carboxylic acids is 1. The minimum atomic E-state index is -0.0177. The normalized spacial score (nSPS) is 17.6. The van der Waals surface area contributed by atoms with Gasteiger partial charge in [-0.05, 0) is 30.5 Å². The molecule has 7 heteroatoms. The number of amides is 1. The van der Waals surface area contributed by atoms with Crippen LogP contribution in [0, 0.1) is 5.92 Å². The highest BCUT2D eigenvalue weighted by Crippen LogP contribution is 2.22. The summed E-state index contributed by atoms with van der Waals surface area (Å²) < 4.78 is 1.66. The van der Waals surface area contributed by atoms with Crippen LogP contribution in [0.4, 0.5) is 5.82 Å². The molecule has 0 aliphatic carbocycles. The van der Waals surface area contributed by atoms with E-state index in [0.717, 1.165) is 36.4 Å². The van der Waals surface area contributed by atoms with E-state index in [1.165, 1.54) is 0 Å². The number of carbonyl (C=O) groups is 1. The largest absolute Gasteiger partial charge is 0.354 e. The molecule has 1 aliphatic rings. The zero-order valence-corrected chi connectivity index (χ0v) is 13.9. The van der Waals surface area contributed by atoms with Gasteiger partial charge in [-0.3, -0.25) is 4.79 Å². The van der Waals surface area contributed by atoms with Crippen molar-refractivity contribution in [2.24, 2.45) is 5.92 Å². The number of nitrogens with one attached hydrogen (secondary N) is 1. The SMILES string of the molecule is O=C(NCc1ccccc1)[C@H]1CCCN(c2ccc3nncn3n2)C1. The number of anilines is 1. The molecule has 0 saturated carbocycles. The van der Waals surface area contributed by atoms with Crippen LogP contribution in [0.2, 0.25) is 0 Å². The average molecular weight is 336 g/mol. The van der Waals surface area contributed by atoms with E-state index in [1.807, 2.05) is 42.5 Å². The summed E-state index contributed by atoms with van der Waals surface area (Å²) in [5, 5.41) is 15.4. The van der Waals surface area contributed by atoms with Crippen molar-refractivity contribution in [3.8, 4) is 0 Å². The summed E-state index contributed by atoms with van der Waals surface area (Å²) in [5.74, 6) is 0.947. The van der Waals surface area contributed by atoms with Gasteiger partial charge in [0.05, 0.1) is 5.92 Å². The highest BCUT2D eigenvalue weighted by atomic mass is 16.1. The van der Waals surface area contributed by atoms with Crippen LogP contribution in [-0.2, 0) is 11.3 Å². The van der Waals surface area contributed by atoms with Crippen LogP contribution in [0.15, 0.2) is 48.8 Å². The molecule has 3 heterocycles. The molecule has 7 nitrogen and oxygen atoms in total. The number of nitrogens with zero attached hydrogens (tertiary/aromatic N) is 5. The Morgan fingerprint density at radius 2 is 2.08 bits per heavy atom. The van der Waals surface area contributed by atoms with Crippen molar-refractivity contribution in [2.75, 3.05) is 18.0 Å². The third-order valence-corrected chi connectivity index (χ3v) is 4.57. The molecule has 2 aromatic heterocycles. The smallest absolute Gasteiger partial charge is 0.225 e. The molecular weight excluding hydrogens is 316 g/mol. The molecule has 0 unspecified atom stereocenters. The van der Waals surface area contributed by atoms with E-state index in [-0.39, 0.29) is 11.8 Å². The van der Waals surface area contributed by atoms with Crippen LogP contribution in [0.1, 0.15) is 18.4 Å². The number of benzene rings is 1. The molecule has 0 bridgehead atoms. The monoisotopic (exact) mass is 336 g/mol. The first-order valence-corrected chi connectivity index (χ1v) is 8.53. The second-order valence-electron chi connectivity index (χ2n) is 6.31. The standard InChI is InChI=1S/C18H20N6O/c25-18(19-11-14-5-2-1-3-6-14)15-7-4-10-23(12-15)17-9-8-16-21-20-13-24(16)22-17/h1-3,5-6,8-9,13,15H,4,7,10-12H2,(H,19,25)/t15-/m0/s1. The Bertz CT molecular complexity index is 862. The Morgan fingerprint density at radius 3 is 2.96 bits per heavy atom. The lowest BCUT2D eigenvalue weighted by molar-refractivity contribution is -0.125. The maximum Gasteiger partial charge on any atom is 0.225 e. The lowest BCUT2D eigenvalue weighted by Crippen LogP contribution is -2.43. The van der Waals surface area contributed by atoms with Gasteiger partial charge in [-0.15, -0.1) is 15.3 Å². The van der Waals surface area contributed by atoms with Crippen LogP contribution in [0.5, 0.6) is 0 Å². The van der Waals surface area contributed by atoms with E-state index in [2.05, 4.69) is 25.5 Å². The number of aromatic nitrogens is 4. The molecule has 1 aliphatic heterocycles. The second-order valence-corrected chi connectivity index (χ2v) is 6.31. The first-order chi connectivity index (χ1) is 12.3.